The molecular weight excluding hydrogens is 721 g/mol. The van der Waals surface area contributed by atoms with Gasteiger partial charge in [-0.15, -0.1) is 0 Å². The van der Waals surface area contributed by atoms with E-state index in [1.165, 1.54) is 24.3 Å². The minimum Gasteiger partial charge on any atom is -0.296 e. The number of aromatic nitrogens is 4. The van der Waals surface area contributed by atoms with Crippen LogP contribution in [0.3, 0.4) is 0 Å². The number of carbonyl (C=O) groups excluding carboxylic acids is 1. The summed E-state index contributed by atoms with van der Waals surface area (Å²) in [5, 5.41) is 1.04. The van der Waals surface area contributed by atoms with Gasteiger partial charge >= 0.3 is 12.4 Å². The standard InChI is InChI=1S/C16H9BrClF3N2.C16H8ClF3N2O/c17-8-13-14(9-4-1-2-6-11(9)18)23-15-10(16(19,20)21)5-3-7-12(15)22-13;17-11-6-2-1-4-9(11)14-13(8-23)21-12-7-3-5-10(15(12)22-14)16(18,19)20/h1-7H,8H2;1-8H. The highest BCUT2D eigenvalue weighted by Crippen LogP contribution is 2.38. The number of halogens is 9. The van der Waals surface area contributed by atoms with Crippen LogP contribution in [0.4, 0.5) is 26.3 Å². The summed E-state index contributed by atoms with van der Waals surface area (Å²) < 4.78 is 79.1. The van der Waals surface area contributed by atoms with E-state index in [9.17, 15) is 31.1 Å². The number of nitrogens with zero attached hydrogens (tertiary/aromatic N) is 4. The van der Waals surface area contributed by atoms with Gasteiger partial charge in [-0.25, -0.2) is 19.9 Å². The average molecular weight is 738 g/mol. The van der Waals surface area contributed by atoms with Crippen LogP contribution in [0.1, 0.15) is 27.3 Å². The van der Waals surface area contributed by atoms with Crippen molar-refractivity contribution in [2.45, 2.75) is 17.7 Å². The van der Waals surface area contributed by atoms with Crippen molar-refractivity contribution in [3.63, 3.8) is 0 Å². The van der Waals surface area contributed by atoms with Gasteiger partial charge in [0.25, 0.3) is 0 Å². The normalized spacial score (nSPS) is 11.8. The van der Waals surface area contributed by atoms with Crippen LogP contribution < -0.4 is 0 Å². The molecule has 0 amide bonds. The van der Waals surface area contributed by atoms with E-state index in [-0.39, 0.29) is 38.5 Å². The minimum atomic E-state index is -4.57. The van der Waals surface area contributed by atoms with Crippen molar-refractivity contribution >= 4 is 67.5 Å². The molecule has 14 heteroatoms. The fraction of sp³-hybridized carbons (Fsp3) is 0.0938. The number of fused-ring (bicyclic) bond motifs is 2. The zero-order chi connectivity index (χ0) is 33.2. The maximum atomic E-state index is 13.2. The number of alkyl halides is 7. The molecule has 234 valence electrons. The molecule has 4 aromatic carbocycles. The zero-order valence-corrected chi connectivity index (χ0v) is 26.1. The highest BCUT2D eigenvalue weighted by molar-refractivity contribution is 9.08. The monoisotopic (exact) mass is 736 g/mol. The second-order valence-corrected chi connectivity index (χ2v) is 10.9. The predicted molar refractivity (Wildman–Crippen MR) is 168 cm³/mol. The van der Waals surface area contributed by atoms with Crippen LogP contribution in [0.25, 0.3) is 44.6 Å². The zero-order valence-electron chi connectivity index (χ0n) is 23.0. The van der Waals surface area contributed by atoms with Crippen molar-refractivity contribution in [3.8, 4) is 22.5 Å². The van der Waals surface area contributed by atoms with Crippen molar-refractivity contribution in [1.82, 2.24) is 19.9 Å². The molecular formula is C32H17BrCl2F6N4O. The Labute approximate surface area is 275 Å². The predicted octanol–water partition coefficient (Wildman–Crippen LogP) is 10.6. The maximum Gasteiger partial charge on any atom is 0.418 e. The Morgan fingerprint density at radius 3 is 1.52 bits per heavy atom. The molecule has 0 N–H and O–H groups in total. The molecule has 0 aliphatic heterocycles. The maximum absolute atomic E-state index is 13.2. The van der Waals surface area contributed by atoms with Gasteiger partial charge in [-0.2, -0.15) is 26.3 Å². The molecule has 0 aliphatic carbocycles. The first-order valence-electron chi connectivity index (χ1n) is 13.1. The minimum absolute atomic E-state index is 0.00210. The third-order valence-electron chi connectivity index (χ3n) is 6.60. The Hall–Kier alpha value is -4.13. The largest absolute Gasteiger partial charge is 0.418 e. The summed E-state index contributed by atoms with van der Waals surface area (Å²) in [5.74, 6) is 0. The first-order valence-corrected chi connectivity index (χ1v) is 15.0. The molecule has 46 heavy (non-hydrogen) atoms. The fourth-order valence-corrected chi connectivity index (χ4v) is 5.40. The Morgan fingerprint density at radius 2 is 1.07 bits per heavy atom. The molecule has 0 aliphatic rings. The molecule has 0 spiro atoms. The van der Waals surface area contributed by atoms with E-state index in [1.54, 1.807) is 48.5 Å². The summed E-state index contributed by atoms with van der Waals surface area (Å²) in [6.45, 7) is 0. The van der Waals surface area contributed by atoms with Crippen molar-refractivity contribution in [2.75, 3.05) is 0 Å². The molecule has 0 unspecified atom stereocenters. The number of hydrogen-bond donors (Lipinski definition) is 0. The fourth-order valence-electron chi connectivity index (χ4n) is 4.56. The van der Waals surface area contributed by atoms with Gasteiger partial charge in [-0.1, -0.05) is 87.7 Å². The first kappa shape index (κ1) is 33.2. The lowest BCUT2D eigenvalue weighted by Crippen LogP contribution is -2.08. The molecule has 2 aromatic heterocycles. The van der Waals surface area contributed by atoms with Gasteiger partial charge in [0, 0.05) is 16.5 Å². The van der Waals surface area contributed by atoms with E-state index in [4.69, 9.17) is 23.2 Å². The summed E-state index contributed by atoms with van der Waals surface area (Å²) in [6.07, 6.45) is -8.62. The second-order valence-electron chi connectivity index (χ2n) is 9.53. The molecule has 0 bridgehead atoms. The molecule has 0 radical (unpaired) electrons. The SMILES string of the molecule is FC(F)(F)c1cccc2nc(CBr)c(-c3ccccc3Cl)nc12.O=Cc1nc2cccc(C(F)(F)F)c2nc1-c1ccccc1Cl. The molecule has 6 rings (SSSR count). The van der Waals surface area contributed by atoms with Gasteiger partial charge in [0.1, 0.15) is 22.4 Å². The lowest BCUT2D eigenvalue weighted by molar-refractivity contribution is -0.137. The number of hydrogen-bond acceptors (Lipinski definition) is 5. The van der Waals surface area contributed by atoms with Crippen LogP contribution in [-0.2, 0) is 17.7 Å². The molecule has 5 nitrogen and oxygen atoms in total. The topological polar surface area (TPSA) is 68.6 Å². The summed E-state index contributed by atoms with van der Waals surface area (Å²) in [6, 6.07) is 20.7. The highest BCUT2D eigenvalue weighted by atomic mass is 79.9. The van der Waals surface area contributed by atoms with E-state index in [0.29, 0.717) is 39.2 Å². The number of carbonyl (C=O) groups is 1. The highest BCUT2D eigenvalue weighted by Gasteiger charge is 2.35. The smallest absolute Gasteiger partial charge is 0.296 e. The lowest BCUT2D eigenvalue weighted by Gasteiger charge is -2.13. The number of rotatable bonds is 4. The Kier molecular flexibility index (Phi) is 9.62. The second kappa shape index (κ2) is 13.3. The molecule has 2 heterocycles. The molecule has 0 saturated carbocycles. The van der Waals surface area contributed by atoms with Gasteiger partial charge < -0.3 is 0 Å². The summed E-state index contributed by atoms with van der Waals surface area (Å²) in [4.78, 5) is 27.9. The molecule has 0 atom stereocenters. The third-order valence-corrected chi connectivity index (χ3v) is 7.79. The van der Waals surface area contributed by atoms with Crippen LogP contribution in [0.5, 0.6) is 0 Å². The van der Waals surface area contributed by atoms with Gasteiger partial charge in [-0.05, 0) is 36.4 Å². The van der Waals surface area contributed by atoms with Crippen molar-refractivity contribution in [3.05, 3.63) is 117 Å². The first-order chi connectivity index (χ1) is 21.8. The third kappa shape index (κ3) is 6.84. The Balaban J connectivity index is 0.000000181. The van der Waals surface area contributed by atoms with Crippen LogP contribution in [0, 0.1) is 0 Å². The summed E-state index contributed by atoms with van der Waals surface area (Å²) in [7, 11) is 0. The average Bonchev–Trinajstić information content (AvgIpc) is 3.02. The van der Waals surface area contributed by atoms with Crippen LogP contribution in [0.15, 0.2) is 84.9 Å². The van der Waals surface area contributed by atoms with E-state index in [1.807, 2.05) is 0 Å². The van der Waals surface area contributed by atoms with Crippen LogP contribution in [0.2, 0.25) is 10.0 Å². The number of aldehydes is 1. The summed E-state index contributed by atoms with van der Waals surface area (Å²) >= 11 is 15.5. The van der Waals surface area contributed by atoms with Gasteiger partial charge in [-0.3, -0.25) is 4.79 Å². The molecule has 0 fully saturated rings. The number of para-hydroxylation sites is 2. The van der Waals surface area contributed by atoms with Crippen LogP contribution in [-0.4, -0.2) is 26.2 Å². The van der Waals surface area contributed by atoms with Crippen molar-refractivity contribution in [1.29, 1.82) is 0 Å². The van der Waals surface area contributed by atoms with Crippen LogP contribution >= 0.6 is 39.1 Å². The van der Waals surface area contributed by atoms with Gasteiger partial charge in [0.2, 0.25) is 0 Å². The van der Waals surface area contributed by atoms with Gasteiger partial charge in [0.05, 0.1) is 43.6 Å². The number of benzene rings is 4. The van der Waals surface area contributed by atoms with E-state index < -0.39 is 23.5 Å². The van der Waals surface area contributed by atoms with E-state index in [2.05, 4.69) is 35.9 Å². The lowest BCUT2D eigenvalue weighted by atomic mass is 10.1. The van der Waals surface area contributed by atoms with Crippen molar-refractivity contribution < 1.29 is 31.1 Å². The quantitative estimate of drug-likeness (QED) is 0.102. The molecule has 6 aromatic rings. The van der Waals surface area contributed by atoms with E-state index >= 15 is 0 Å². The van der Waals surface area contributed by atoms with E-state index in [0.717, 1.165) is 12.1 Å². The Bertz CT molecular complexity index is 2090. The Morgan fingerprint density at radius 1 is 0.609 bits per heavy atom. The van der Waals surface area contributed by atoms with Crippen molar-refractivity contribution in [2.24, 2.45) is 0 Å². The molecule has 0 saturated heterocycles. The van der Waals surface area contributed by atoms with Gasteiger partial charge in [0.15, 0.2) is 6.29 Å². The summed E-state index contributed by atoms with van der Waals surface area (Å²) in [5.41, 5.74) is -0.285.